The van der Waals surface area contributed by atoms with Crippen molar-refractivity contribution in [1.82, 2.24) is 0 Å². The zero-order chi connectivity index (χ0) is 12.5. The second-order valence-corrected chi connectivity index (χ2v) is 5.59. The molecule has 0 bridgehead atoms. The van der Waals surface area contributed by atoms with Gasteiger partial charge in [-0.1, -0.05) is 53.5 Å². The smallest absolute Gasteiger partial charge is 0.0930 e. The van der Waals surface area contributed by atoms with Gasteiger partial charge in [0.25, 0.3) is 0 Å². The van der Waals surface area contributed by atoms with Gasteiger partial charge in [-0.05, 0) is 36.2 Å². The van der Waals surface area contributed by atoms with Crippen molar-refractivity contribution >= 4 is 34.8 Å². The molecule has 0 nitrogen and oxygen atoms in total. The molecule has 0 saturated carbocycles. The van der Waals surface area contributed by atoms with Crippen molar-refractivity contribution in [2.24, 2.45) is 0 Å². The van der Waals surface area contributed by atoms with E-state index in [1.807, 2.05) is 55.5 Å². The molecule has 1 atom stereocenters. The van der Waals surface area contributed by atoms with Gasteiger partial charge in [-0.2, -0.15) is 0 Å². The van der Waals surface area contributed by atoms with E-state index in [2.05, 4.69) is 0 Å². The zero-order valence-corrected chi connectivity index (χ0v) is 11.5. The Morgan fingerprint density at radius 1 is 0.882 bits per heavy atom. The summed E-state index contributed by atoms with van der Waals surface area (Å²) >= 11 is 18.7. The van der Waals surface area contributed by atoms with Crippen LogP contribution in [0.1, 0.15) is 18.1 Å². The topological polar surface area (TPSA) is 0 Å². The Labute approximate surface area is 116 Å². The van der Waals surface area contributed by atoms with Crippen molar-refractivity contribution in [3.05, 3.63) is 69.7 Å². The van der Waals surface area contributed by atoms with Crippen molar-refractivity contribution in [2.45, 2.75) is 11.8 Å². The maximum Gasteiger partial charge on any atom is 0.0930 e. The molecular formula is C14H11Cl3. The lowest BCUT2D eigenvalue weighted by Gasteiger charge is -2.24. The molecule has 17 heavy (non-hydrogen) atoms. The third-order valence-corrected chi connectivity index (χ3v) is 3.77. The van der Waals surface area contributed by atoms with Crippen LogP contribution in [0.4, 0.5) is 0 Å². The fraction of sp³-hybridized carbons (Fsp3) is 0.143. The third-order valence-electron chi connectivity index (χ3n) is 2.77. The van der Waals surface area contributed by atoms with Gasteiger partial charge < -0.3 is 0 Å². The Bertz CT molecular complexity index is 515. The van der Waals surface area contributed by atoms with Gasteiger partial charge in [0, 0.05) is 10.0 Å². The van der Waals surface area contributed by atoms with Crippen LogP contribution in [0.25, 0.3) is 0 Å². The highest BCUT2D eigenvalue weighted by atomic mass is 35.5. The van der Waals surface area contributed by atoms with Gasteiger partial charge in [0.2, 0.25) is 0 Å². The van der Waals surface area contributed by atoms with Crippen molar-refractivity contribution < 1.29 is 0 Å². The second-order valence-electron chi connectivity index (χ2n) is 3.99. The third kappa shape index (κ3) is 2.60. The summed E-state index contributed by atoms with van der Waals surface area (Å²) in [5.41, 5.74) is 1.86. The molecule has 0 spiro atoms. The summed E-state index contributed by atoms with van der Waals surface area (Å²) in [5, 5.41) is 1.36. The van der Waals surface area contributed by atoms with Crippen LogP contribution in [0.5, 0.6) is 0 Å². The fourth-order valence-corrected chi connectivity index (χ4v) is 2.55. The van der Waals surface area contributed by atoms with Crippen LogP contribution in [0, 0.1) is 0 Å². The lowest BCUT2D eigenvalue weighted by atomic mass is 9.92. The molecule has 88 valence electrons. The fourth-order valence-electron chi connectivity index (χ4n) is 1.76. The predicted molar refractivity (Wildman–Crippen MR) is 75.2 cm³/mol. The van der Waals surface area contributed by atoms with Crippen molar-refractivity contribution in [3.63, 3.8) is 0 Å². The highest BCUT2D eigenvalue weighted by molar-refractivity contribution is 6.34. The summed E-state index contributed by atoms with van der Waals surface area (Å²) in [7, 11) is 0. The maximum atomic E-state index is 6.62. The molecule has 2 aromatic carbocycles. The molecule has 2 aromatic rings. The first-order chi connectivity index (χ1) is 8.01. The van der Waals surface area contributed by atoms with E-state index >= 15 is 0 Å². The zero-order valence-electron chi connectivity index (χ0n) is 9.25. The van der Waals surface area contributed by atoms with Crippen molar-refractivity contribution in [1.29, 1.82) is 0 Å². The minimum Gasteiger partial charge on any atom is -0.109 e. The van der Waals surface area contributed by atoms with Crippen LogP contribution in [0.3, 0.4) is 0 Å². The summed E-state index contributed by atoms with van der Waals surface area (Å²) < 4.78 is 0. The van der Waals surface area contributed by atoms with E-state index in [9.17, 15) is 0 Å². The highest BCUT2D eigenvalue weighted by Crippen LogP contribution is 2.39. The van der Waals surface area contributed by atoms with Crippen molar-refractivity contribution in [3.8, 4) is 0 Å². The van der Waals surface area contributed by atoms with E-state index in [1.165, 1.54) is 0 Å². The largest absolute Gasteiger partial charge is 0.109 e. The first-order valence-corrected chi connectivity index (χ1v) is 6.35. The number of hydrogen-bond acceptors (Lipinski definition) is 0. The molecule has 0 amide bonds. The van der Waals surface area contributed by atoms with E-state index < -0.39 is 4.87 Å². The van der Waals surface area contributed by atoms with Gasteiger partial charge >= 0.3 is 0 Å². The molecule has 0 fully saturated rings. The average Bonchev–Trinajstić information content (AvgIpc) is 2.30. The number of rotatable bonds is 2. The van der Waals surface area contributed by atoms with E-state index in [4.69, 9.17) is 34.8 Å². The van der Waals surface area contributed by atoms with Gasteiger partial charge in [-0.15, -0.1) is 11.6 Å². The summed E-state index contributed by atoms with van der Waals surface area (Å²) in [6.45, 7) is 1.93. The number of hydrogen-bond donors (Lipinski definition) is 0. The molecule has 2 rings (SSSR count). The molecule has 0 radical (unpaired) electrons. The first-order valence-electron chi connectivity index (χ1n) is 5.22. The van der Waals surface area contributed by atoms with Crippen molar-refractivity contribution in [2.75, 3.05) is 0 Å². The standard InChI is InChI=1S/C14H11Cl3/c1-14(17,10-6-8-11(15)9-7-10)12-4-2-3-5-13(12)16/h2-9H,1H3. The first kappa shape index (κ1) is 12.8. The molecule has 0 heterocycles. The Morgan fingerprint density at radius 2 is 1.47 bits per heavy atom. The van der Waals surface area contributed by atoms with E-state index in [0.29, 0.717) is 10.0 Å². The van der Waals surface area contributed by atoms with Crippen LogP contribution in [-0.4, -0.2) is 0 Å². The van der Waals surface area contributed by atoms with Crippen LogP contribution in [0.2, 0.25) is 10.0 Å². The molecule has 0 N–H and O–H groups in total. The van der Waals surface area contributed by atoms with Crippen LogP contribution in [0.15, 0.2) is 48.5 Å². The number of alkyl halides is 1. The van der Waals surface area contributed by atoms with Crippen LogP contribution in [-0.2, 0) is 4.87 Å². The minimum atomic E-state index is -0.650. The maximum absolute atomic E-state index is 6.62. The number of benzene rings is 2. The highest BCUT2D eigenvalue weighted by Gasteiger charge is 2.27. The van der Waals surface area contributed by atoms with Gasteiger partial charge in [0.1, 0.15) is 0 Å². The number of halogens is 3. The van der Waals surface area contributed by atoms with Crippen LogP contribution >= 0.6 is 34.8 Å². The molecule has 0 aromatic heterocycles. The quantitative estimate of drug-likeness (QED) is 0.640. The van der Waals surface area contributed by atoms with E-state index in [1.54, 1.807) is 0 Å². The molecule has 0 aliphatic heterocycles. The Hall–Kier alpha value is -0.690. The van der Waals surface area contributed by atoms with Gasteiger partial charge in [-0.3, -0.25) is 0 Å². The van der Waals surface area contributed by atoms with Crippen LogP contribution < -0.4 is 0 Å². The molecule has 0 aliphatic rings. The summed E-state index contributed by atoms with van der Waals surface area (Å²) in [6, 6.07) is 15.1. The predicted octanol–water partition coefficient (Wildman–Crippen LogP) is 5.50. The lowest BCUT2D eigenvalue weighted by molar-refractivity contribution is 0.823. The normalized spacial score (nSPS) is 14.4. The summed E-state index contributed by atoms with van der Waals surface area (Å²) in [4.78, 5) is -0.650. The van der Waals surface area contributed by atoms with Gasteiger partial charge in [0.15, 0.2) is 0 Å². The summed E-state index contributed by atoms with van der Waals surface area (Å²) in [5.74, 6) is 0. The van der Waals surface area contributed by atoms with E-state index in [-0.39, 0.29) is 0 Å². The monoisotopic (exact) mass is 284 g/mol. The molecule has 0 aliphatic carbocycles. The Kier molecular flexibility index (Phi) is 3.67. The second kappa shape index (κ2) is 4.89. The van der Waals surface area contributed by atoms with Gasteiger partial charge in [0.05, 0.1) is 4.87 Å². The Balaban J connectivity index is 2.49. The summed E-state index contributed by atoms with van der Waals surface area (Å²) in [6.07, 6.45) is 0. The molecular weight excluding hydrogens is 275 g/mol. The Morgan fingerprint density at radius 3 is 2.06 bits per heavy atom. The SMILES string of the molecule is CC(Cl)(c1ccc(Cl)cc1)c1ccccc1Cl. The van der Waals surface area contributed by atoms with Gasteiger partial charge in [-0.25, -0.2) is 0 Å². The molecule has 3 heteroatoms. The molecule has 1 unspecified atom stereocenters. The average molecular weight is 286 g/mol. The molecule has 0 saturated heterocycles. The lowest BCUT2D eigenvalue weighted by Crippen LogP contribution is -2.15. The minimum absolute atomic E-state index is 0.650. The van der Waals surface area contributed by atoms with E-state index in [0.717, 1.165) is 11.1 Å².